The van der Waals surface area contributed by atoms with Crippen LogP contribution in [0.1, 0.15) is 31.9 Å². The minimum absolute atomic E-state index is 0.0112. The highest BCUT2D eigenvalue weighted by Gasteiger charge is 2.43. The van der Waals surface area contributed by atoms with Gasteiger partial charge in [-0.15, -0.1) is 0 Å². The molecule has 160 valence electrons. The number of ether oxygens (including phenoxy) is 3. The quantitative estimate of drug-likeness (QED) is 0.763. The van der Waals surface area contributed by atoms with E-state index in [9.17, 15) is 4.39 Å². The molecular weight excluding hydrogens is 389 g/mol. The number of aromatic nitrogens is 2. The molecule has 2 atom stereocenters. The molecule has 30 heavy (non-hydrogen) atoms. The predicted octanol–water partition coefficient (Wildman–Crippen LogP) is 2.29. The van der Waals surface area contributed by atoms with Gasteiger partial charge in [0.15, 0.2) is 5.83 Å². The molecule has 2 aliphatic carbocycles. The molecule has 2 aliphatic heterocycles. The van der Waals surface area contributed by atoms with Crippen LogP contribution in [-0.4, -0.2) is 60.8 Å². The fourth-order valence-electron chi connectivity index (χ4n) is 4.04. The molecule has 1 aromatic rings. The summed E-state index contributed by atoms with van der Waals surface area (Å²) >= 11 is 0. The van der Waals surface area contributed by atoms with Crippen molar-refractivity contribution in [3.8, 4) is 0 Å². The first-order chi connectivity index (χ1) is 14.5. The smallest absolute Gasteiger partial charge is 0.162 e. The van der Waals surface area contributed by atoms with Gasteiger partial charge in [0.1, 0.15) is 23.5 Å². The number of hydrogen-bond donors (Lipinski definition) is 1. The topological polar surface area (TPSA) is 81.1 Å². The monoisotopic (exact) mass is 415 g/mol. The highest BCUT2D eigenvalue weighted by Crippen LogP contribution is 2.44. The van der Waals surface area contributed by atoms with Crippen molar-refractivity contribution in [3.63, 3.8) is 0 Å². The van der Waals surface area contributed by atoms with Crippen LogP contribution < -0.4 is 10.3 Å². The van der Waals surface area contributed by atoms with Crippen molar-refractivity contribution >= 4 is 11.5 Å². The summed E-state index contributed by atoms with van der Waals surface area (Å²) in [6.07, 6.45) is 5.41. The maximum absolute atomic E-state index is 14.5. The van der Waals surface area contributed by atoms with Crippen LogP contribution in [0.15, 0.2) is 40.9 Å². The Kier molecular flexibility index (Phi) is 4.94. The minimum Gasteiger partial charge on any atom is -0.489 e. The van der Waals surface area contributed by atoms with Gasteiger partial charge in [-0.3, -0.25) is 5.43 Å². The number of morpholine rings is 1. The van der Waals surface area contributed by atoms with E-state index in [-0.39, 0.29) is 23.4 Å². The van der Waals surface area contributed by atoms with Crippen molar-refractivity contribution in [2.24, 2.45) is 11.0 Å². The van der Waals surface area contributed by atoms with E-state index in [0.29, 0.717) is 31.9 Å². The standard InChI is InChI=1S/C21H26FN5O3/c1-21(3-4-21)30-18-7-14-16(8-15(18)22)25-26-20(14)17-9-19(24-12-23-17)27-5-6-29-13(10-27)11-28-2/h8-9,12-14,25H,3-7,10-11H2,1-2H3/t13?,14-/m0/s1. The van der Waals surface area contributed by atoms with Gasteiger partial charge in [0, 0.05) is 38.4 Å². The van der Waals surface area contributed by atoms with E-state index in [1.54, 1.807) is 13.4 Å². The van der Waals surface area contributed by atoms with Crippen molar-refractivity contribution in [3.05, 3.63) is 41.4 Å². The SMILES string of the molecule is COCC1CN(c2cc(C3=NNC4=CC(F)=C(OC5(C)CC5)C[C@@H]43)ncn2)CCO1. The molecule has 1 N–H and O–H groups in total. The second-order valence-electron chi connectivity index (χ2n) is 8.44. The molecule has 3 heterocycles. The second-order valence-corrected chi connectivity index (χ2v) is 8.44. The van der Waals surface area contributed by atoms with E-state index in [1.165, 1.54) is 6.08 Å². The van der Waals surface area contributed by atoms with Gasteiger partial charge in [0.05, 0.1) is 36.6 Å². The maximum Gasteiger partial charge on any atom is 0.162 e. The van der Waals surface area contributed by atoms with Crippen LogP contribution in [-0.2, 0) is 14.2 Å². The number of methoxy groups -OCH3 is 1. The zero-order chi connectivity index (χ0) is 20.7. The molecule has 0 amide bonds. The number of halogens is 1. The summed E-state index contributed by atoms with van der Waals surface area (Å²) in [5.41, 5.74) is 4.99. The molecule has 0 aromatic carbocycles. The van der Waals surface area contributed by atoms with Gasteiger partial charge in [-0.25, -0.2) is 14.4 Å². The highest BCUT2D eigenvalue weighted by atomic mass is 19.1. The number of rotatable bonds is 6. The van der Waals surface area contributed by atoms with Gasteiger partial charge in [-0.05, 0) is 25.8 Å². The summed E-state index contributed by atoms with van der Waals surface area (Å²) in [6, 6.07) is 1.94. The molecular formula is C21H26FN5O3. The Hall–Kier alpha value is -2.52. The molecule has 1 unspecified atom stereocenters. The fourth-order valence-corrected chi connectivity index (χ4v) is 4.04. The zero-order valence-electron chi connectivity index (χ0n) is 17.2. The summed E-state index contributed by atoms with van der Waals surface area (Å²) in [5.74, 6) is 0.809. The van der Waals surface area contributed by atoms with Gasteiger partial charge < -0.3 is 19.1 Å². The van der Waals surface area contributed by atoms with Crippen LogP contribution in [0.5, 0.6) is 0 Å². The summed E-state index contributed by atoms with van der Waals surface area (Å²) in [5, 5.41) is 4.46. The highest BCUT2D eigenvalue weighted by molar-refractivity contribution is 6.04. The van der Waals surface area contributed by atoms with E-state index in [4.69, 9.17) is 14.2 Å². The minimum atomic E-state index is -0.320. The molecule has 4 aliphatic rings. The average molecular weight is 415 g/mol. The molecule has 5 rings (SSSR count). The molecule has 0 radical (unpaired) electrons. The second kappa shape index (κ2) is 7.63. The number of allylic oxidation sites excluding steroid dienone is 4. The fraction of sp³-hybridized carbons (Fsp3) is 0.571. The van der Waals surface area contributed by atoms with E-state index < -0.39 is 0 Å². The molecule has 2 fully saturated rings. The van der Waals surface area contributed by atoms with Gasteiger partial charge in [0.25, 0.3) is 0 Å². The number of anilines is 1. The molecule has 9 heteroatoms. The van der Waals surface area contributed by atoms with E-state index >= 15 is 0 Å². The average Bonchev–Trinajstić information content (AvgIpc) is 3.34. The van der Waals surface area contributed by atoms with Crippen LogP contribution in [0.2, 0.25) is 0 Å². The third-order valence-corrected chi connectivity index (χ3v) is 6.00. The van der Waals surface area contributed by atoms with Crippen molar-refractivity contribution in [2.45, 2.75) is 37.9 Å². The normalized spacial score (nSPS) is 27.2. The van der Waals surface area contributed by atoms with Gasteiger partial charge in [-0.1, -0.05) is 0 Å². The largest absolute Gasteiger partial charge is 0.489 e. The number of hydrazone groups is 1. The van der Waals surface area contributed by atoms with E-state index in [0.717, 1.165) is 42.3 Å². The van der Waals surface area contributed by atoms with Crippen LogP contribution in [0, 0.1) is 5.92 Å². The lowest BCUT2D eigenvalue weighted by Crippen LogP contribution is -2.44. The third-order valence-electron chi connectivity index (χ3n) is 6.00. The lowest BCUT2D eigenvalue weighted by Gasteiger charge is -2.33. The number of hydrogen-bond acceptors (Lipinski definition) is 8. The Labute approximate surface area is 174 Å². The van der Waals surface area contributed by atoms with Crippen molar-refractivity contribution < 1.29 is 18.6 Å². The van der Waals surface area contributed by atoms with Crippen LogP contribution >= 0.6 is 0 Å². The first-order valence-electron chi connectivity index (χ1n) is 10.4. The molecule has 1 aromatic heterocycles. The van der Waals surface area contributed by atoms with E-state index in [1.807, 2.05) is 13.0 Å². The first kappa shape index (κ1) is 19.4. The Balaban J connectivity index is 1.34. The Morgan fingerprint density at radius 2 is 2.23 bits per heavy atom. The summed E-state index contributed by atoms with van der Waals surface area (Å²) in [6.45, 7) is 4.63. The predicted molar refractivity (Wildman–Crippen MR) is 109 cm³/mol. The number of fused-ring (bicyclic) bond motifs is 1. The number of nitrogens with one attached hydrogen (secondary N) is 1. The van der Waals surface area contributed by atoms with Crippen molar-refractivity contribution in [1.29, 1.82) is 0 Å². The van der Waals surface area contributed by atoms with Gasteiger partial charge in [0.2, 0.25) is 0 Å². The van der Waals surface area contributed by atoms with Crippen LogP contribution in [0.4, 0.5) is 10.2 Å². The van der Waals surface area contributed by atoms with Gasteiger partial charge in [-0.2, -0.15) is 5.10 Å². The summed E-state index contributed by atoms with van der Waals surface area (Å²) in [7, 11) is 1.67. The van der Waals surface area contributed by atoms with Crippen molar-refractivity contribution in [2.75, 3.05) is 38.3 Å². The van der Waals surface area contributed by atoms with Crippen molar-refractivity contribution in [1.82, 2.24) is 15.4 Å². The lowest BCUT2D eigenvalue weighted by atomic mass is 9.90. The first-order valence-corrected chi connectivity index (χ1v) is 10.4. The van der Waals surface area contributed by atoms with Crippen LogP contribution in [0.25, 0.3) is 0 Å². The summed E-state index contributed by atoms with van der Waals surface area (Å²) in [4.78, 5) is 11.1. The van der Waals surface area contributed by atoms with Crippen LogP contribution in [0.3, 0.4) is 0 Å². The van der Waals surface area contributed by atoms with Gasteiger partial charge >= 0.3 is 0 Å². The third kappa shape index (κ3) is 3.79. The zero-order valence-corrected chi connectivity index (χ0v) is 17.2. The number of nitrogens with zero attached hydrogens (tertiary/aromatic N) is 4. The molecule has 8 nitrogen and oxygen atoms in total. The van der Waals surface area contributed by atoms with E-state index in [2.05, 4.69) is 25.4 Å². The Morgan fingerprint density at radius 1 is 1.37 bits per heavy atom. The molecule has 1 saturated carbocycles. The Morgan fingerprint density at radius 3 is 3.03 bits per heavy atom. The lowest BCUT2D eigenvalue weighted by molar-refractivity contribution is -0.0102. The Bertz CT molecular complexity index is 925. The molecule has 0 bridgehead atoms. The summed E-state index contributed by atoms with van der Waals surface area (Å²) < 4.78 is 31.4. The maximum atomic E-state index is 14.5. The molecule has 1 saturated heterocycles. The molecule has 0 spiro atoms.